The standard InChI is InChI=1S/C13H26ClN/c1-12(2)13-6-10-15(11-7-13)9-5-3-4-8-14/h12-13H,3-11H2,1-2H3. The summed E-state index contributed by atoms with van der Waals surface area (Å²) in [4.78, 5) is 2.63. The summed E-state index contributed by atoms with van der Waals surface area (Å²) in [7, 11) is 0. The van der Waals surface area contributed by atoms with Crippen molar-refractivity contribution in [3.8, 4) is 0 Å². The Morgan fingerprint density at radius 1 is 1.13 bits per heavy atom. The van der Waals surface area contributed by atoms with Gasteiger partial charge in [0.2, 0.25) is 0 Å². The van der Waals surface area contributed by atoms with E-state index in [4.69, 9.17) is 11.6 Å². The molecular formula is C13H26ClN. The first-order valence-corrected chi connectivity index (χ1v) is 7.05. The van der Waals surface area contributed by atoms with Gasteiger partial charge in [-0.05, 0) is 57.2 Å². The minimum atomic E-state index is 0.829. The summed E-state index contributed by atoms with van der Waals surface area (Å²) in [5.74, 6) is 2.68. The average molecular weight is 232 g/mol. The lowest BCUT2D eigenvalue weighted by Gasteiger charge is -2.33. The summed E-state index contributed by atoms with van der Waals surface area (Å²) in [5, 5.41) is 0. The van der Waals surface area contributed by atoms with E-state index >= 15 is 0 Å². The fourth-order valence-corrected chi connectivity index (χ4v) is 2.64. The highest BCUT2D eigenvalue weighted by atomic mass is 35.5. The lowest BCUT2D eigenvalue weighted by molar-refractivity contribution is 0.156. The molecule has 0 unspecified atom stereocenters. The lowest BCUT2D eigenvalue weighted by Crippen LogP contribution is -2.35. The van der Waals surface area contributed by atoms with Crippen molar-refractivity contribution in [3.05, 3.63) is 0 Å². The van der Waals surface area contributed by atoms with Gasteiger partial charge >= 0.3 is 0 Å². The zero-order valence-electron chi connectivity index (χ0n) is 10.3. The third-order valence-corrected chi connectivity index (χ3v) is 3.95. The van der Waals surface area contributed by atoms with Crippen LogP contribution in [0.25, 0.3) is 0 Å². The first-order chi connectivity index (χ1) is 7.24. The molecule has 1 saturated heterocycles. The van der Waals surface area contributed by atoms with Gasteiger partial charge in [-0.25, -0.2) is 0 Å². The van der Waals surface area contributed by atoms with E-state index in [9.17, 15) is 0 Å². The van der Waals surface area contributed by atoms with Crippen LogP contribution in [0.1, 0.15) is 46.0 Å². The van der Waals surface area contributed by atoms with Gasteiger partial charge in [-0.15, -0.1) is 11.6 Å². The van der Waals surface area contributed by atoms with Gasteiger partial charge in [-0.2, -0.15) is 0 Å². The van der Waals surface area contributed by atoms with E-state index in [1.807, 2.05) is 0 Å². The van der Waals surface area contributed by atoms with Crippen LogP contribution in [-0.2, 0) is 0 Å². The number of unbranched alkanes of at least 4 members (excludes halogenated alkanes) is 2. The zero-order valence-corrected chi connectivity index (χ0v) is 11.1. The zero-order chi connectivity index (χ0) is 11.1. The SMILES string of the molecule is CC(C)C1CCN(CCCCCCl)CC1. The van der Waals surface area contributed by atoms with E-state index in [-0.39, 0.29) is 0 Å². The Hall–Kier alpha value is 0.250. The molecule has 0 aliphatic carbocycles. The highest BCUT2D eigenvalue weighted by Gasteiger charge is 2.20. The predicted octanol–water partition coefficient (Wildman–Crippen LogP) is 3.76. The van der Waals surface area contributed by atoms with Crippen molar-refractivity contribution in [1.82, 2.24) is 4.90 Å². The molecule has 0 aromatic carbocycles. The molecule has 0 bridgehead atoms. The first kappa shape index (κ1) is 13.3. The van der Waals surface area contributed by atoms with E-state index in [0.29, 0.717) is 0 Å². The van der Waals surface area contributed by atoms with E-state index in [1.54, 1.807) is 0 Å². The van der Waals surface area contributed by atoms with Crippen molar-refractivity contribution in [3.63, 3.8) is 0 Å². The van der Waals surface area contributed by atoms with Crippen molar-refractivity contribution in [2.45, 2.75) is 46.0 Å². The minimum absolute atomic E-state index is 0.829. The van der Waals surface area contributed by atoms with Gasteiger partial charge in [0.1, 0.15) is 0 Å². The molecule has 0 amide bonds. The van der Waals surface area contributed by atoms with Gasteiger partial charge in [0, 0.05) is 5.88 Å². The van der Waals surface area contributed by atoms with Crippen LogP contribution < -0.4 is 0 Å². The predicted molar refractivity (Wildman–Crippen MR) is 68.6 cm³/mol. The number of rotatable bonds is 6. The summed E-state index contributed by atoms with van der Waals surface area (Å²) >= 11 is 5.66. The highest BCUT2D eigenvalue weighted by Crippen LogP contribution is 2.24. The van der Waals surface area contributed by atoms with Crippen LogP contribution in [0.3, 0.4) is 0 Å². The minimum Gasteiger partial charge on any atom is -0.303 e. The van der Waals surface area contributed by atoms with Crippen LogP contribution in [-0.4, -0.2) is 30.4 Å². The number of hydrogen-bond acceptors (Lipinski definition) is 1. The number of hydrogen-bond donors (Lipinski definition) is 0. The monoisotopic (exact) mass is 231 g/mol. The largest absolute Gasteiger partial charge is 0.303 e. The van der Waals surface area contributed by atoms with Crippen molar-refractivity contribution >= 4 is 11.6 Å². The summed E-state index contributed by atoms with van der Waals surface area (Å²) in [6.07, 6.45) is 6.64. The maximum absolute atomic E-state index is 5.66. The molecule has 1 nitrogen and oxygen atoms in total. The number of piperidine rings is 1. The number of alkyl halides is 1. The van der Waals surface area contributed by atoms with Gasteiger partial charge in [-0.1, -0.05) is 20.3 Å². The van der Waals surface area contributed by atoms with E-state index in [2.05, 4.69) is 18.7 Å². The molecule has 1 aliphatic heterocycles. The van der Waals surface area contributed by atoms with Gasteiger partial charge in [0.25, 0.3) is 0 Å². The molecule has 0 aromatic heterocycles. The Labute approximate surface area is 100 Å². The Morgan fingerprint density at radius 2 is 1.80 bits per heavy atom. The second kappa shape index (κ2) is 7.51. The van der Waals surface area contributed by atoms with Crippen LogP contribution in [0.4, 0.5) is 0 Å². The lowest BCUT2D eigenvalue weighted by atomic mass is 9.87. The van der Waals surface area contributed by atoms with Crippen LogP contribution >= 0.6 is 11.6 Å². The smallest absolute Gasteiger partial charge is 0.0223 e. The van der Waals surface area contributed by atoms with Crippen LogP contribution in [0.2, 0.25) is 0 Å². The normalized spacial score (nSPS) is 20.0. The van der Waals surface area contributed by atoms with Gasteiger partial charge in [0.05, 0.1) is 0 Å². The average Bonchev–Trinajstić information content (AvgIpc) is 2.25. The Bertz CT molecular complexity index is 151. The molecule has 0 atom stereocenters. The second-order valence-corrected chi connectivity index (χ2v) is 5.55. The van der Waals surface area contributed by atoms with Crippen molar-refractivity contribution in [2.75, 3.05) is 25.5 Å². The number of halogens is 1. The highest BCUT2D eigenvalue weighted by molar-refractivity contribution is 6.17. The molecule has 2 heteroatoms. The molecular weight excluding hydrogens is 206 g/mol. The Balaban J connectivity index is 2.04. The molecule has 0 N–H and O–H groups in total. The third kappa shape index (κ3) is 5.21. The molecule has 0 saturated carbocycles. The second-order valence-electron chi connectivity index (χ2n) is 5.17. The summed E-state index contributed by atoms with van der Waals surface area (Å²) in [6, 6.07) is 0. The molecule has 1 rings (SSSR count). The van der Waals surface area contributed by atoms with Crippen molar-refractivity contribution in [1.29, 1.82) is 0 Å². The van der Waals surface area contributed by atoms with Crippen LogP contribution in [0.15, 0.2) is 0 Å². The number of likely N-dealkylation sites (tertiary alicyclic amines) is 1. The number of nitrogens with zero attached hydrogens (tertiary/aromatic N) is 1. The van der Waals surface area contributed by atoms with Crippen molar-refractivity contribution in [2.24, 2.45) is 11.8 Å². The van der Waals surface area contributed by atoms with E-state index in [1.165, 1.54) is 51.7 Å². The molecule has 0 aromatic rings. The molecule has 0 spiro atoms. The summed E-state index contributed by atoms with van der Waals surface area (Å²) in [5.41, 5.74) is 0. The fourth-order valence-electron chi connectivity index (χ4n) is 2.45. The van der Waals surface area contributed by atoms with Gasteiger partial charge < -0.3 is 4.90 Å². The third-order valence-electron chi connectivity index (χ3n) is 3.68. The summed E-state index contributed by atoms with van der Waals surface area (Å²) < 4.78 is 0. The van der Waals surface area contributed by atoms with Crippen LogP contribution in [0.5, 0.6) is 0 Å². The summed E-state index contributed by atoms with van der Waals surface area (Å²) in [6.45, 7) is 8.66. The quantitative estimate of drug-likeness (QED) is 0.497. The maximum atomic E-state index is 5.66. The van der Waals surface area contributed by atoms with E-state index in [0.717, 1.165) is 17.7 Å². The molecule has 1 fully saturated rings. The van der Waals surface area contributed by atoms with E-state index < -0.39 is 0 Å². The Kier molecular flexibility index (Phi) is 6.67. The maximum Gasteiger partial charge on any atom is 0.0223 e. The first-order valence-electron chi connectivity index (χ1n) is 6.52. The molecule has 1 heterocycles. The molecule has 1 aliphatic rings. The Morgan fingerprint density at radius 3 is 2.33 bits per heavy atom. The van der Waals surface area contributed by atoms with Crippen LogP contribution in [0, 0.1) is 11.8 Å². The molecule has 15 heavy (non-hydrogen) atoms. The van der Waals surface area contributed by atoms with Gasteiger partial charge in [-0.3, -0.25) is 0 Å². The fraction of sp³-hybridized carbons (Fsp3) is 1.00. The topological polar surface area (TPSA) is 3.24 Å². The molecule has 90 valence electrons. The molecule has 0 radical (unpaired) electrons. The van der Waals surface area contributed by atoms with Gasteiger partial charge in [0.15, 0.2) is 0 Å². The van der Waals surface area contributed by atoms with Crippen molar-refractivity contribution < 1.29 is 0 Å².